The Balaban J connectivity index is 1.52. The first-order valence-electron chi connectivity index (χ1n) is 8.70. The van der Waals surface area contributed by atoms with E-state index in [9.17, 15) is 4.79 Å². The summed E-state index contributed by atoms with van der Waals surface area (Å²) in [5, 5.41) is 9.38. The lowest BCUT2D eigenvalue weighted by Gasteiger charge is -2.33. The smallest absolute Gasteiger partial charge is 0.224 e. The van der Waals surface area contributed by atoms with Crippen LogP contribution in [0.25, 0.3) is 10.2 Å². The van der Waals surface area contributed by atoms with Crippen molar-refractivity contribution in [2.75, 3.05) is 51.3 Å². The lowest BCUT2D eigenvalue weighted by atomic mass is 9.97. The van der Waals surface area contributed by atoms with Gasteiger partial charge in [-0.25, -0.2) is 9.97 Å². The second kappa shape index (κ2) is 9.07. The van der Waals surface area contributed by atoms with Crippen LogP contribution >= 0.6 is 11.3 Å². The summed E-state index contributed by atoms with van der Waals surface area (Å²) >= 11 is 1.62. The van der Waals surface area contributed by atoms with Gasteiger partial charge in [-0.2, -0.15) is 0 Å². The number of rotatable bonds is 8. The molecular weight excluding hydrogens is 338 g/mol. The van der Waals surface area contributed by atoms with Gasteiger partial charge < -0.3 is 20.3 Å². The fourth-order valence-electron chi connectivity index (χ4n) is 3.13. The summed E-state index contributed by atoms with van der Waals surface area (Å²) in [6.07, 6.45) is 3.54. The third kappa shape index (κ3) is 4.65. The molecule has 1 atom stereocenters. The van der Waals surface area contributed by atoms with Gasteiger partial charge in [0.15, 0.2) is 0 Å². The van der Waals surface area contributed by atoms with Crippen molar-refractivity contribution in [2.45, 2.75) is 12.8 Å². The van der Waals surface area contributed by atoms with E-state index in [1.54, 1.807) is 24.8 Å². The van der Waals surface area contributed by atoms with Crippen LogP contribution in [0.2, 0.25) is 0 Å². The molecular formula is C17H25N5O2S. The number of hydrogen-bond donors (Lipinski definition) is 2. The van der Waals surface area contributed by atoms with E-state index in [-0.39, 0.29) is 11.8 Å². The molecule has 136 valence electrons. The predicted octanol–water partition coefficient (Wildman–Crippen LogP) is 1.26. The van der Waals surface area contributed by atoms with Crippen LogP contribution in [0.4, 0.5) is 5.82 Å². The van der Waals surface area contributed by atoms with E-state index < -0.39 is 0 Å². The number of amides is 1. The summed E-state index contributed by atoms with van der Waals surface area (Å²) in [6.45, 7) is 4.53. The topological polar surface area (TPSA) is 79.4 Å². The molecule has 1 aliphatic rings. The number of carbonyl (C=O) groups is 1. The highest BCUT2D eigenvalue weighted by Crippen LogP contribution is 2.29. The fraction of sp³-hybridized carbons (Fsp3) is 0.588. The molecule has 0 bridgehead atoms. The molecule has 2 N–H and O–H groups in total. The third-order valence-corrected chi connectivity index (χ3v) is 5.24. The molecule has 0 spiro atoms. The summed E-state index contributed by atoms with van der Waals surface area (Å²) < 4.78 is 4.98. The highest BCUT2D eigenvalue weighted by Gasteiger charge is 2.27. The van der Waals surface area contributed by atoms with E-state index in [4.69, 9.17) is 4.74 Å². The number of ether oxygens (including phenoxy) is 1. The van der Waals surface area contributed by atoms with Gasteiger partial charge in [0.25, 0.3) is 0 Å². The van der Waals surface area contributed by atoms with Gasteiger partial charge in [0.05, 0.1) is 17.9 Å². The molecule has 0 aromatic carbocycles. The molecule has 2 aromatic rings. The summed E-state index contributed by atoms with van der Waals surface area (Å²) in [5.41, 5.74) is 0. The largest absolute Gasteiger partial charge is 0.383 e. The van der Waals surface area contributed by atoms with Crippen LogP contribution in [-0.4, -0.2) is 62.3 Å². The fourth-order valence-corrected chi connectivity index (χ4v) is 3.86. The Labute approximate surface area is 151 Å². The minimum atomic E-state index is 0.0105. The SMILES string of the molecule is COCCNCCNC(=O)C1CCCN(c2ncnc3sccc23)C1. The molecule has 1 amide bonds. The van der Waals surface area contributed by atoms with Gasteiger partial charge in [0, 0.05) is 39.8 Å². The van der Waals surface area contributed by atoms with Crippen molar-refractivity contribution in [3.05, 3.63) is 17.8 Å². The lowest BCUT2D eigenvalue weighted by molar-refractivity contribution is -0.125. The van der Waals surface area contributed by atoms with Crippen molar-refractivity contribution in [1.82, 2.24) is 20.6 Å². The average molecular weight is 363 g/mol. The van der Waals surface area contributed by atoms with Crippen molar-refractivity contribution in [2.24, 2.45) is 5.92 Å². The van der Waals surface area contributed by atoms with Crippen molar-refractivity contribution in [1.29, 1.82) is 0 Å². The monoisotopic (exact) mass is 363 g/mol. The second-order valence-electron chi connectivity index (χ2n) is 6.16. The number of piperidine rings is 1. The zero-order valence-corrected chi connectivity index (χ0v) is 15.3. The first-order valence-corrected chi connectivity index (χ1v) is 9.58. The Kier molecular flexibility index (Phi) is 6.55. The van der Waals surface area contributed by atoms with Gasteiger partial charge in [-0.1, -0.05) is 0 Å². The average Bonchev–Trinajstić information content (AvgIpc) is 3.13. The lowest BCUT2D eigenvalue weighted by Crippen LogP contribution is -2.44. The van der Waals surface area contributed by atoms with Crippen LogP contribution in [0, 0.1) is 5.92 Å². The molecule has 1 saturated heterocycles. The molecule has 3 heterocycles. The number of hydrogen-bond acceptors (Lipinski definition) is 7. The van der Waals surface area contributed by atoms with Crippen molar-refractivity contribution in [3.63, 3.8) is 0 Å². The van der Waals surface area contributed by atoms with Gasteiger partial charge in [-0.15, -0.1) is 11.3 Å². The number of methoxy groups -OCH3 is 1. The van der Waals surface area contributed by atoms with Crippen LogP contribution in [0.5, 0.6) is 0 Å². The Morgan fingerprint density at radius 2 is 2.32 bits per heavy atom. The normalized spacial score (nSPS) is 17.8. The second-order valence-corrected chi connectivity index (χ2v) is 7.05. The van der Waals surface area contributed by atoms with Crippen molar-refractivity contribution in [3.8, 4) is 0 Å². The van der Waals surface area contributed by atoms with Crippen LogP contribution in [0.1, 0.15) is 12.8 Å². The number of thiophene rings is 1. The van der Waals surface area contributed by atoms with E-state index in [1.807, 2.05) is 5.38 Å². The highest BCUT2D eigenvalue weighted by molar-refractivity contribution is 7.16. The zero-order chi connectivity index (χ0) is 17.5. The van der Waals surface area contributed by atoms with E-state index in [2.05, 4.69) is 31.6 Å². The molecule has 25 heavy (non-hydrogen) atoms. The predicted molar refractivity (Wildman–Crippen MR) is 100 cm³/mol. The summed E-state index contributed by atoms with van der Waals surface area (Å²) in [6, 6.07) is 2.06. The molecule has 0 radical (unpaired) electrons. The number of nitrogens with one attached hydrogen (secondary N) is 2. The molecule has 0 saturated carbocycles. The molecule has 7 nitrogen and oxygen atoms in total. The van der Waals surface area contributed by atoms with Gasteiger partial charge in [-0.3, -0.25) is 4.79 Å². The number of carbonyl (C=O) groups excluding carboxylic acids is 1. The van der Waals surface area contributed by atoms with Gasteiger partial charge >= 0.3 is 0 Å². The summed E-state index contributed by atoms with van der Waals surface area (Å²) in [7, 11) is 1.68. The summed E-state index contributed by atoms with van der Waals surface area (Å²) in [5.74, 6) is 1.09. The van der Waals surface area contributed by atoms with Crippen LogP contribution in [0.15, 0.2) is 17.8 Å². The Morgan fingerprint density at radius 1 is 1.40 bits per heavy atom. The van der Waals surface area contributed by atoms with E-state index in [0.717, 1.165) is 48.5 Å². The highest BCUT2D eigenvalue weighted by atomic mass is 32.1. The van der Waals surface area contributed by atoms with Crippen LogP contribution in [0.3, 0.4) is 0 Å². The first-order chi connectivity index (χ1) is 12.3. The maximum absolute atomic E-state index is 12.5. The molecule has 1 fully saturated rings. The number of anilines is 1. The minimum Gasteiger partial charge on any atom is -0.383 e. The zero-order valence-electron chi connectivity index (χ0n) is 14.5. The standard InChI is InChI=1S/C17H25N5O2S/c1-24-9-7-18-5-6-19-16(23)13-3-2-8-22(11-13)15-14-4-10-25-17(14)21-12-20-15/h4,10,12-13,18H,2-3,5-9,11H2,1H3,(H,19,23). The van der Waals surface area contributed by atoms with Gasteiger partial charge in [0.1, 0.15) is 17.0 Å². The van der Waals surface area contributed by atoms with Gasteiger partial charge in [0.2, 0.25) is 5.91 Å². The number of nitrogens with zero attached hydrogens (tertiary/aromatic N) is 3. The quantitative estimate of drug-likeness (QED) is 0.688. The van der Waals surface area contributed by atoms with E-state index in [1.165, 1.54) is 0 Å². The molecule has 1 aliphatic heterocycles. The molecule has 1 unspecified atom stereocenters. The van der Waals surface area contributed by atoms with E-state index in [0.29, 0.717) is 19.7 Å². The van der Waals surface area contributed by atoms with E-state index >= 15 is 0 Å². The van der Waals surface area contributed by atoms with Crippen LogP contribution in [-0.2, 0) is 9.53 Å². The van der Waals surface area contributed by atoms with Crippen molar-refractivity contribution < 1.29 is 9.53 Å². The Bertz CT molecular complexity index is 692. The molecule has 8 heteroatoms. The Morgan fingerprint density at radius 3 is 3.20 bits per heavy atom. The number of aromatic nitrogens is 2. The minimum absolute atomic E-state index is 0.0105. The third-order valence-electron chi connectivity index (χ3n) is 4.42. The molecule has 2 aromatic heterocycles. The maximum atomic E-state index is 12.5. The molecule has 3 rings (SSSR count). The first kappa shape index (κ1) is 18.0. The Hall–Kier alpha value is -1.77. The van der Waals surface area contributed by atoms with Crippen molar-refractivity contribution >= 4 is 33.3 Å². The molecule has 0 aliphatic carbocycles. The number of fused-ring (bicyclic) bond motifs is 1. The maximum Gasteiger partial charge on any atom is 0.224 e. The van der Waals surface area contributed by atoms with Gasteiger partial charge in [-0.05, 0) is 24.3 Å². The van der Waals surface area contributed by atoms with Crippen LogP contribution < -0.4 is 15.5 Å². The summed E-state index contributed by atoms with van der Waals surface area (Å²) in [4.78, 5) is 24.5.